The minimum Gasteiger partial charge on any atom is -0.481 e. The van der Waals surface area contributed by atoms with Gasteiger partial charge in [-0.15, -0.1) is 0 Å². The van der Waals surface area contributed by atoms with E-state index in [1.54, 1.807) is 0 Å². The van der Waals surface area contributed by atoms with Crippen molar-refractivity contribution in [3.63, 3.8) is 0 Å². The van der Waals surface area contributed by atoms with Gasteiger partial charge >= 0.3 is 5.97 Å². The van der Waals surface area contributed by atoms with Crippen molar-refractivity contribution >= 4 is 5.97 Å². The van der Waals surface area contributed by atoms with E-state index < -0.39 is 5.97 Å². The van der Waals surface area contributed by atoms with Crippen LogP contribution in [-0.4, -0.2) is 36.1 Å². The van der Waals surface area contributed by atoms with Gasteiger partial charge in [-0.05, 0) is 44.2 Å². The topological polar surface area (TPSA) is 40.5 Å². The number of hydrogen-bond acceptors (Lipinski definition) is 2. The number of hydrogen-bond donors (Lipinski definition) is 1. The third-order valence-corrected chi connectivity index (χ3v) is 3.18. The minimum atomic E-state index is -0.648. The van der Waals surface area contributed by atoms with Crippen LogP contribution in [0.15, 0.2) is 0 Å². The van der Waals surface area contributed by atoms with Crippen LogP contribution in [0.25, 0.3) is 0 Å². The van der Waals surface area contributed by atoms with Gasteiger partial charge in [-0.3, -0.25) is 4.79 Å². The number of carboxylic acid groups (broad SMARTS) is 1. The van der Waals surface area contributed by atoms with E-state index >= 15 is 0 Å². The van der Waals surface area contributed by atoms with Gasteiger partial charge in [-0.1, -0.05) is 13.8 Å². The van der Waals surface area contributed by atoms with Crippen LogP contribution >= 0.6 is 0 Å². The maximum absolute atomic E-state index is 10.7. The van der Waals surface area contributed by atoms with Gasteiger partial charge in [0.05, 0.1) is 6.42 Å². The van der Waals surface area contributed by atoms with Crippen LogP contribution in [0.4, 0.5) is 0 Å². The second-order valence-corrected chi connectivity index (χ2v) is 5.49. The van der Waals surface area contributed by atoms with Gasteiger partial charge < -0.3 is 10.0 Å². The Kier molecular flexibility index (Phi) is 4.14. The van der Waals surface area contributed by atoms with E-state index in [0.717, 1.165) is 31.8 Å². The van der Waals surface area contributed by atoms with Gasteiger partial charge in [0.25, 0.3) is 0 Å². The Labute approximate surface area is 92.5 Å². The summed E-state index contributed by atoms with van der Waals surface area (Å²) in [5.41, 5.74) is 0.109. The molecule has 1 aliphatic carbocycles. The standard InChI is InChI=1S/C12H23NO2/c1-10(2)4-7-13(3)9-12(5-6-12)8-11(14)15/h10H,4-9H2,1-3H3,(H,14,15). The summed E-state index contributed by atoms with van der Waals surface area (Å²) in [5, 5.41) is 8.80. The van der Waals surface area contributed by atoms with E-state index in [0.29, 0.717) is 6.42 Å². The summed E-state index contributed by atoms with van der Waals surface area (Å²) < 4.78 is 0. The van der Waals surface area contributed by atoms with Crippen molar-refractivity contribution in [1.29, 1.82) is 0 Å². The van der Waals surface area contributed by atoms with Gasteiger partial charge in [0, 0.05) is 6.54 Å². The molecule has 1 fully saturated rings. The highest BCUT2D eigenvalue weighted by Gasteiger charge is 2.44. The SMILES string of the molecule is CC(C)CCN(C)CC1(CC(=O)O)CC1. The van der Waals surface area contributed by atoms with Crippen molar-refractivity contribution in [2.75, 3.05) is 20.1 Å². The summed E-state index contributed by atoms with van der Waals surface area (Å²) in [7, 11) is 2.10. The first kappa shape index (κ1) is 12.5. The third-order valence-electron chi connectivity index (χ3n) is 3.18. The highest BCUT2D eigenvalue weighted by atomic mass is 16.4. The molecule has 1 rings (SSSR count). The maximum atomic E-state index is 10.7. The van der Waals surface area contributed by atoms with Gasteiger partial charge in [-0.25, -0.2) is 0 Å². The molecule has 0 heterocycles. The van der Waals surface area contributed by atoms with E-state index in [-0.39, 0.29) is 5.41 Å². The van der Waals surface area contributed by atoms with Crippen molar-refractivity contribution in [1.82, 2.24) is 4.90 Å². The monoisotopic (exact) mass is 213 g/mol. The van der Waals surface area contributed by atoms with Crippen LogP contribution in [0.2, 0.25) is 0 Å². The summed E-state index contributed by atoms with van der Waals surface area (Å²) in [6.07, 6.45) is 3.72. The Morgan fingerprint density at radius 2 is 2.07 bits per heavy atom. The number of nitrogens with zero attached hydrogens (tertiary/aromatic N) is 1. The van der Waals surface area contributed by atoms with Crippen LogP contribution in [-0.2, 0) is 4.79 Å². The minimum absolute atomic E-state index is 0.109. The van der Waals surface area contributed by atoms with Crippen molar-refractivity contribution in [3.8, 4) is 0 Å². The zero-order chi connectivity index (χ0) is 11.5. The predicted octanol–water partition coefficient (Wildman–Crippen LogP) is 2.22. The quantitative estimate of drug-likeness (QED) is 0.705. The maximum Gasteiger partial charge on any atom is 0.303 e. The Morgan fingerprint density at radius 3 is 2.47 bits per heavy atom. The molecule has 0 bridgehead atoms. The van der Waals surface area contributed by atoms with Gasteiger partial charge in [0.2, 0.25) is 0 Å². The molecule has 3 nitrogen and oxygen atoms in total. The fourth-order valence-electron chi connectivity index (χ4n) is 2.02. The van der Waals surface area contributed by atoms with Crippen molar-refractivity contribution < 1.29 is 9.90 Å². The summed E-state index contributed by atoms with van der Waals surface area (Å²) >= 11 is 0. The Hall–Kier alpha value is -0.570. The lowest BCUT2D eigenvalue weighted by Gasteiger charge is -2.23. The molecule has 15 heavy (non-hydrogen) atoms. The average molecular weight is 213 g/mol. The molecule has 1 aliphatic rings. The molecule has 0 aromatic carbocycles. The van der Waals surface area contributed by atoms with Gasteiger partial charge in [-0.2, -0.15) is 0 Å². The van der Waals surface area contributed by atoms with Crippen LogP contribution in [0.3, 0.4) is 0 Å². The molecule has 0 aromatic heterocycles. The molecular formula is C12H23NO2. The van der Waals surface area contributed by atoms with E-state index in [4.69, 9.17) is 5.11 Å². The summed E-state index contributed by atoms with van der Waals surface area (Å²) in [5.74, 6) is 0.0758. The molecule has 0 radical (unpaired) electrons. The van der Waals surface area contributed by atoms with Crippen molar-refractivity contribution in [2.24, 2.45) is 11.3 Å². The average Bonchev–Trinajstić information content (AvgIpc) is 2.80. The molecule has 0 spiro atoms. The molecule has 0 aromatic rings. The largest absolute Gasteiger partial charge is 0.481 e. The van der Waals surface area contributed by atoms with Crippen LogP contribution < -0.4 is 0 Å². The molecular weight excluding hydrogens is 190 g/mol. The van der Waals surface area contributed by atoms with Crippen molar-refractivity contribution in [3.05, 3.63) is 0 Å². The first-order valence-corrected chi connectivity index (χ1v) is 5.84. The molecule has 0 unspecified atom stereocenters. The molecule has 1 N–H and O–H groups in total. The Balaban J connectivity index is 2.25. The third kappa shape index (κ3) is 4.65. The lowest BCUT2D eigenvalue weighted by molar-refractivity contribution is -0.138. The Morgan fingerprint density at radius 1 is 1.47 bits per heavy atom. The highest BCUT2D eigenvalue weighted by Crippen LogP contribution is 2.49. The van der Waals surface area contributed by atoms with Crippen LogP contribution in [0, 0.1) is 11.3 Å². The fourth-order valence-corrected chi connectivity index (χ4v) is 2.02. The number of carboxylic acids is 1. The van der Waals surface area contributed by atoms with Crippen molar-refractivity contribution in [2.45, 2.75) is 39.5 Å². The molecule has 88 valence electrons. The Bertz CT molecular complexity index is 222. The summed E-state index contributed by atoms with van der Waals surface area (Å²) in [6, 6.07) is 0. The first-order valence-electron chi connectivity index (χ1n) is 5.84. The molecule has 0 saturated heterocycles. The lowest BCUT2D eigenvalue weighted by atomic mass is 10.0. The summed E-state index contributed by atoms with van der Waals surface area (Å²) in [6.45, 7) is 6.47. The second kappa shape index (κ2) is 4.97. The lowest BCUT2D eigenvalue weighted by Crippen LogP contribution is -2.29. The second-order valence-electron chi connectivity index (χ2n) is 5.49. The fraction of sp³-hybridized carbons (Fsp3) is 0.917. The van der Waals surface area contributed by atoms with E-state index in [1.807, 2.05) is 0 Å². The number of aliphatic carboxylic acids is 1. The molecule has 0 amide bonds. The van der Waals surface area contributed by atoms with Gasteiger partial charge in [0.1, 0.15) is 0 Å². The van der Waals surface area contributed by atoms with Gasteiger partial charge in [0.15, 0.2) is 0 Å². The zero-order valence-corrected chi connectivity index (χ0v) is 10.1. The van der Waals surface area contributed by atoms with E-state index in [2.05, 4.69) is 25.8 Å². The smallest absolute Gasteiger partial charge is 0.303 e. The summed E-state index contributed by atoms with van der Waals surface area (Å²) in [4.78, 5) is 13.0. The van der Waals surface area contributed by atoms with E-state index in [9.17, 15) is 4.79 Å². The molecule has 3 heteroatoms. The zero-order valence-electron chi connectivity index (χ0n) is 10.1. The van der Waals surface area contributed by atoms with Crippen LogP contribution in [0.5, 0.6) is 0 Å². The first-order chi connectivity index (χ1) is 6.93. The number of rotatable bonds is 7. The molecule has 0 aliphatic heterocycles. The molecule has 1 saturated carbocycles. The normalized spacial score (nSPS) is 18.5. The molecule has 0 atom stereocenters. The van der Waals surface area contributed by atoms with E-state index in [1.165, 1.54) is 6.42 Å². The highest BCUT2D eigenvalue weighted by molar-refractivity contribution is 5.68. The van der Waals surface area contributed by atoms with Crippen LogP contribution in [0.1, 0.15) is 39.5 Å². The predicted molar refractivity (Wildman–Crippen MR) is 60.9 cm³/mol. The number of carbonyl (C=O) groups is 1.